The standard InChI is InChI=1S/C10H7N3O2/c14-10(15)8-4-2-1-3-7(8)9-12-5-11-6-13-9/h1-6H,(H,14,15). The van der Waals surface area contributed by atoms with Gasteiger partial charge in [0.05, 0.1) is 5.56 Å². The highest BCUT2D eigenvalue weighted by molar-refractivity contribution is 5.94. The fraction of sp³-hybridized carbons (Fsp3) is 0. The molecular weight excluding hydrogens is 194 g/mol. The van der Waals surface area contributed by atoms with E-state index >= 15 is 0 Å². The van der Waals surface area contributed by atoms with Gasteiger partial charge in [0.15, 0.2) is 5.82 Å². The number of nitrogens with zero attached hydrogens (tertiary/aromatic N) is 3. The molecule has 1 heterocycles. The zero-order valence-electron chi connectivity index (χ0n) is 7.66. The van der Waals surface area contributed by atoms with E-state index in [9.17, 15) is 4.79 Å². The van der Waals surface area contributed by atoms with Crippen molar-refractivity contribution < 1.29 is 9.90 Å². The summed E-state index contributed by atoms with van der Waals surface area (Å²) in [5, 5.41) is 8.96. The fourth-order valence-corrected chi connectivity index (χ4v) is 1.24. The number of carbonyl (C=O) groups is 1. The fourth-order valence-electron chi connectivity index (χ4n) is 1.24. The van der Waals surface area contributed by atoms with Gasteiger partial charge in [0.1, 0.15) is 12.7 Å². The summed E-state index contributed by atoms with van der Waals surface area (Å²) in [6.45, 7) is 0. The van der Waals surface area contributed by atoms with E-state index < -0.39 is 5.97 Å². The van der Waals surface area contributed by atoms with Gasteiger partial charge in [0, 0.05) is 5.56 Å². The zero-order valence-corrected chi connectivity index (χ0v) is 7.66. The summed E-state index contributed by atoms with van der Waals surface area (Å²) >= 11 is 0. The lowest BCUT2D eigenvalue weighted by Gasteiger charge is -2.02. The van der Waals surface area contributed by atoms with E-state index in [1.54, 1.807) is 18.2 Å². The molecule has 0 unspecified atom stereocenters. The largest absolute Gasteiger partial charge is 0.478 e. The van der Waals surface area contributed by atoms with Crippen molar-refractivity contribution in [2.75, 3.05) is 0 Å². The van der Waals surface area contributed by atoms with Crippen molar-refractivity contribution >= 4 is 5.97 Å². The van der Waals surface area contributed by atoms with Gasteiger partial charge in [-0.25, -0.2) is 19.7 Å². The monoisotopic (exact) mass is 201 g/mol. The predicted molar refractivity (Wildman–Crippen MR) is 52.2 cm³/mol. The van der Waals surface area contributed by atoms with Crippen LogP contribution in [0.3, 0.4) is 0 Å². The maximum absolute atomic E-state index is 10.9. The van der Waals surface area contributed by atoms with Gasteiger partial charge in [-0.15, -0.1) is 0 Å². The SMILES string of the molecule is O=C(O)c1ccccc1-c1ncncn1. The van der Waals surface area contributed by atoms with Crippen LogP contribution in [-0.2, 0) is 0 Å². The zero-order chi connectivity index (χ0) is 10.7. The van der Waals surface area contributed by atoms with Crippen LogP contribution in [0, 0.1) is 0 Å². The molecule has 5 nitrogen and oxygen atoms in total. The molecule has 0 saturated heterocycles. The van der Waals surface area contributed by atoms with E-state index in [1.807, 2.05) is 0 Å². The Bertz CT molecular complexity index is 485. The van der Waals surface area contributed by atoms with E-state index in [2.05, 4.69) is 15.0 Å². The Kier molecular flexibility index (Phi) is 2.37. The Hall–Kier alpha value is -2.30. The lowest BCUT2D eigenvalue weighted by atomic mass is 10.1. The summed E-state index contributed by atoms with van der Waals surface area (Å²) in [5.74, 6) is -0.631. The van der Waals surface area contributed by atoms with E-state index in [1.165, 1.54) is 18.7 Å². The molecule has 15 heavy (non-hydrogen) atoms. The minimum atomic E-state index is -0.994. The maximum atomic E-state index is 10.9. The first-order chi connectivity index (χ1) is 7.29. The summed E-state index contributed by atoms with van der Waals surface area (Å²) in [7, 11) is 0. The average Bonchev–Trinajstić information content (AvgIpc) is 2.30. The summed E-state index contributed by atoms with van der Waals surface area (Å²) < 4.78 is 0. The Labute approximate surface area is 85.5 Å². The molecule has 74 valence electrons. The number of carboxylic acids is 1. The van der Waals surface area contributed by atoms with Crippen molar-refractivity contribution in [2.45, 2.75) is 0 Å². The van der Waals surface area contributed by atoms with Gasteiger partial charge in [-0.05, 0) is 6.07 Å². The third-order valence-electron chi connectivity index (χ3n) is 1.89. The highest BCUT2D eigenvalue weighted by atomic mass is 16.4. The summed E-state index contributed by atoms with van der Waals surface area (Å²) in [4.78, 5) is 22.4. The van der Waals surface area contributed by atoms with Crippen LogP contribution in [0.25, 0.3) is 11.4 Å². The number of benzene rings is 1. The quantitative estimate of drug-likeness (QED) is 0.790. The third kappa shape index (κ3) is 1.80. The first kappa shape index (κ1) is 9.26. The average molecular weight is 201 g/mol. The maximum Gasteiger partial charge on any atom is 0.336 e. The normalized spacial score (nSPS) is 9.87. The molecule has 0 amide bonds. The molecule has 2 aromatic rings. The van der Waals surface area contributed by atoms with Crippen LogP contribution in [0.2, 0.25) is 0 Å². The van der Waals surface area contributed by atoms with Gasteiger partial charge in [-0.3, -0.25) is 0 Å². The van der Waals surface area contributed by atoms with Gasteiger partial charge in [0.2, 0.25) is 0 Å². The van der Waals surface area contributed by atoms with Crippen LogP contribution < -0.4 is 0 Å². The molecule has 0 saturated carbocycles. The first-order valence-corrected chi connectivity index (χ1v) is 4.24. The van der Waals surface area contributed by atoms with E-state index in [0.29, 0.717) is 11.4 Å². The first-order valence-electron chi connectivity index (χ1n) is 4.24. The molecule has 0 aliphatic carbocycles. The Balaban J connectivity index is 2.58. The number of aromatic nitrogens is 3. The van der Waals surface area contributed by atoms with Gasteiger partial charge >= 0.3 is 5.97 Å². The van der Waals surface area contributed by atoms with Crippen molar-refractivity contribution in [3.05, 3.63) is 42.5 Å². The molecule has 1 N–H and O–H groups in total. The lowest BCUT2D eigenvalue weighted by Crippen LogP contribution is -2.01. The third-order valence-corrected chi connectivity index (χ3v) is 1.89. The Morgan fingerprint density at radius 2 is 1.80 bits per heavy atom. The van der Waals surface area contributed by atoms with Crippen LogP contribution in [0.4, 0.5) is 0 Å². The van der Waals surface area contributed by atoms with E-state index in [0.717, 1.165) is 0 Å². The number of hydrogen-bond donors (Lipinski definition) is 1. The van der Waals surface area contributed by atoms with Gasteiger partial charge < -0.3 is 5.11 Å². The van der Waals surface area contributed by atoms with Crippen LogP contribution in [0.1, 0.15) is 10.4 Å². The smallest absolute Gasteiger partial charge is 0.336 e. The van der Waals surface area contributed by atoms with Gasteiger partial charge in [-0.1, -0.05) is 18.2 Å². The summed E-state index contributed by atoms with van der Waals surface area (Å²) in [5.41, 5.74) is 0.677. The van der Waals surface area contributed by atoms with Crippen LogP contribution >= 0.6 is 0 Å². The highest BCUT2D eigenvalue weighted by Crippen LogP contribution is 2.18. The molecule has 0 spiro atoms. The van der Waals surface area contributed by atoms with Crippen molar-refractivity contribution in [1.29, 1.82) is 0 Å². The predicted octanol–water partition coefficient (Wildman–Crippen LogP) is 1.24. The molecule has 0 aliphatic heterocycles. The van der Waals surface area contributed by atoms with Gasteiger partial charge in [-0.2, -0.15) is 0 Å². The van der Waals surface area contributed by atoms with E-state index in [4.69, 9.17) is 5.11 Å². The molecule has 0 bridgehead atoms. The van der Waals surface area contributed by atoms with Crippen molar-refractivity contribution in [3.8, 4) is 11.4 Å². The van der Waals surface area contributed by atoms with Crippen LogP contribution in [-0.4, -0.2) is 26.0 Å². The minimum absolute atomic E-state index is 0.184. The van der Waals surface area contributed by atoms with Crippen molar-refractivity contribution in [3.63, 3.8) is 0 Å². The molecule has 2 rings (SSSR count). The minimum Gasteiger partial charge on any atom is -0.478 e. The molecule has 0 aliphatic rings. The lowest BCUT2D eigenvalue weighted by molar-refractivity contribution is 0.0697. The second-order valence-electron chi connectivity index (χ2n) is 2.81. The number of aromatic carboxylic acids is 1. The molecule has 0 atom stereocenters. The second-order valence-corrected chi connectivity index (χ2v) is 2.81. The molecule has 5 heteroatoms. The van der Waals surface area contributed by atoms with Crippen LogP contribution in [0.15, 0.2) is 36.9 Å². The van der Waals surface area contributed by atoms with Crippen molar-refractivity contribution in [2.24, 2.45) is 0 Å². The van der Waals surface area contributed by atoms with Gasteiger partial charge in [0.25, 0.3) is 0 Å². The number of carboxylic acid groups (broad SMARTS) is 1. The van der Waals surface area contributed by atoms with Crippen LogP contribution in [0.5, 0.6) is 0 Å². The topological polar surface area (TPSA) is 76.0 Å². The molecule has 0 fully saturated rings. The molecule has 1 aromatic heterocycles. The summed E-state index contributed by atoms with van der Waals surface area (Å²) in [6.07, 6.45) is 2.67. The molecular formula is C10H7N3O2. The Morgan fingerprint density at radius 1 is 1.13 bits per heavy atom. The Morgan fingerprint density at radius 3 is 2.47 bits per heavy atom. The van der Waals surface area contributed by atoms with E-state index in [-0.39, 0.29) is 5.56 Å². The molecule has 0 radical (unpaired) electrons. The number of hydrogen-bond acceptors (Lipinski definition) is 4. The molecule has 1 aromatic carbocycles. The van der Waals surface area contributed by atoms with Crippen molar-refractivity contribution in [1.82, 2.24) is 15.0 Å². The highest BCUT2D eigenvalue weighted by Gasteiger charge is 2.11. The number of rotatable bonds is 2. The summed E-state index contributed by atoms with van der Waals surface area (Å²) in [6, 6.07) is 6.58. The second kappa shape index (κ2) is 3.83.